The lowest BCUT2D eigenvalue weighted by atomic mass is 10.0. The fourth-order valence-electron chi connectivity index (χ4n) is 2.40. The molecule has 1 aromatic rings. The second kappa shape index (κ2) is 8.17. The van der Waals surface area contributed by atoms with E-state index in [1.807, 2.05) is 0 Å². The van der Waals surface area contributed by atoms with Crippen molar-refractivity contribution >= 4 is 28.3 Å². The molecule has 6 heteroatoms. The molecule has 0 saturated carbocycles. The minimum atomic E-state index is -0.289. The van der Waals surface area contributed by atoms with E-state index in [0.29, 0.717) is 22.7 Å². The van der Waals surface area contributed by atoms with E-state index in [9.17, 15) is 4.39 Å². The third kappa shape index (κ3) is 5.20. The molecule has 0 aliphatic carbocycles. The standard InChI is InChI=1S/C14H20BrFN2O.ClH/c1-10(17)11-2-3-18(9-11)4-5-19-14-7-12(15)6-13(16)8-14;/h6-8,10-11H,2-5,9,17H2,1H3;1H. The molecule has 2 atom stereocenters. The number of hydrogen-bond donors (Lipinski definition) is 1. The Kier molecular flexibility index (Phi) is 7.23. The Morgan fingerprint density at radius 3 is 2.85 bits per heavy atom. The van der Waals surface area contributed by atoms with E-state index in [-0.39, 0.29) is 24.3 Å². The number of rotatable bonds is 5. The van der Waals surface area contributed by atoms with Gasteiger partial charge in [0.25, 0.3) is 0 Å². The molecule has 20 heavy (non-hydrogen) atoms. The largest absolute Gasteiger partial charge is 0.492 e. The maximum Gasteiger partial charge on any atom is 0.128 e. The average Bonchev–Trinajstić information content (AvgIpc) is 2.76. The summed E-state index contributed by atoms with van der Waals surface area (Å²) in [6, 6.07) is 4.85. The van der Waals surface area contributed by atoms with Crippen LogP contribution in [0.4, 0.5) is 4.39 Å². The van der Waals surface area contributed by atoms with Gasteiger partial charge in [-0.2, -0.15) is 0 Å². The van der Waals surface area contributed by atoms with Crippen molar-refractivity contribution in [3.8, 4) is 5.75 Å². The van der Waals surface area contributed by atoms with Gasteiger partial charge in [-0.25, -0.2) is 4.39 Å². The van der Waals surface area contributed by atoms with Gasteiger partial charge < -0.3 is 10.5 Å². The molecule has 0 aromatic heterocycles. The molecule has 2 rings (SSSR count). The highest BCUT2D eigenvalue weighted by Crippen LogP contribution is 2.21. The molecule has 1 fully saturated rings. The molecule has 1 saturated heterocycles. The van der Waals surface area contributed by atoms with E-state index in [2.05, 4.69) is 27.8 Å². The van der Waals surface area contributed by atoms with Gasteiger partial charge in [0, 0.05) is 29.7 Å². The highest BCUT2D eigenvalue weighted by Gasteiger charge is 2.24. The molecule has 1 aromatic carbocycles. The van der Waals surface area contributed by atoms with Crippen molar-refractivity contribution in [2.75, 3.05) is 26.2 Å². The van der Waals surface area contributed by atoms with Gasteiger partial charge in [0.2, 0.25) is 0 Å². The molecule has 3 nitrogen and oxygen atoms in total. The molecule has 0 spiro atoms. The maximum atomic E-state index is 13.2. The van der Waals surface area contributed by atoms with Crippen molar-refractivity contribution in [1.29, 1.82) is 0 Å². The second-order valence-electron chi connectivity index (χ2n) is 5.16. The number of nitrogens with zero attached hydrogens (tertiary/aromatic N) is 1. The Balaban J connectivity index is 0.00000200. The van der Waals surface area contributed by atoms with E-state index >= 15 is 0 Å². The summed E-state index contributed by atoms with van der Waals surface area (Å²) in [5.74, 6) is 0.862. The zero-order chi connectivity index (χ0) is 13.8. The number of nitrogens with two attached hydrogens (primary N) is 1. The lowest BCUT2D eigenvalue weighted by Gasteiger charge is -2.18. The maximum absolute atomic E-state index is 13.2. The van der Waals surface area contributed by atoms with Crippen LogP contribution < -0.4 is 10.5 Å². The van der Waals surface area contributed by atoms with E-state index in [4.69, 9.17) is 10.5 Å². The number of likely N-dealkylation sites (tertiary alicyclic amines) is 1. The monoisotopic (exact) mass is 366 g/mol. The summed E-state index contributed by atoms with van der Waals surface area (Å²) in [4.78, 5) is 2.35. The van der Waals surface area contributed by atoms with Crippen molar-refractivity contribution in [3.63, 3.8) is 0 Å². The van der Waals surface area contributed by atoms with Crippen LogP contribution in [0, 0.1) is 11.7 Å². The summed E-state index contributed by atoms with van der Waals surface area (Å²) in [6.45, 7) is 5.60. The first kappa shape index (κ1) is 17.7. The average molecular weight is 368 g/mol. The van der Waals surface area contributed by atoms with Gasteiger partial charge >= 0.3 is 0 Å². The third-order valence-corrected chi connectivity index (χ3v) is 4.02. The van der Waals surface area contributed by atoms with Gasteiger partial charge in [-0.05, 0) is 37.9 Å². The number of ether oxygens (including phenoxy) is 1. The second-order valence-corrected chi connectivity index (χ2v) is 6.08. The van der Waals surface area contributed by atoms with Gasteiger partial charge in [0.15, 0.2) is 0 Å². The summed E-state index contributed by atoms with van der Waals surface area (Å²) >= 11 is 3.25. The number of hydrogen-bond acceptors (Lipinski definition) is 3. The fourth-order valence-corrected chi connectivity index (χ4v) is 2.84. The molecule has 2 unspecified atom stereocenters. The third-order valence-electron chi connectivity index (χ3n) is 3.56. The number of halogens is 3. The van der Waals surface area contributed by atoms with Crippen LogP contribution in [0.15, 0.2) is 22.7 Å². The van der Waals surface area contributed by atoms with Gasteiger partial charge in [-0.15, -0.1) is 12.4 Å². The Morgan fingerprint density at radius 2 is 2.25 bits per heavy atom. The molecule has 1 heterocycles. The summed E-state index contributed by atoms with van der Waals surface area (Å²) < 4.78 is 19.4. The molecule has 2 N–H and O–H groups in total. The Morgan fingerprint density at radius 1 is 1.50 bits per heavy atom. The van der Waals surface area contributed by atoms with Crippen molar-refractivity contribution < 1.29 is 9.13 Å². The van der Waals surface area contributed by atoms with Gasteiger partial charge in [-0.3, -0.25) is 4.90 Å². The quantitative estimate of drug-likeness (QED) is 0.869. The van der Waals surface area contributed by atoms with Crippen LogP contribution in [0.5, 0.6) is 5.75 Å². The van der Waals surface area contributed by atoms with Crippen LogP contribution >= 0.6 is 28.3 Å². The topological polar surface area (TPSA) is 38.5 Å². The van der Waals surface area contributed by atoms with Crippen LogP contribution in [0.2, 0.25) is 0 Å². The predicted octanol–water partition coefficient (Wildman–Crippen LogP) is 3.06. The first-order valence-corrected chi connectivity index (χ1v) is 7.41. The fraction of sp³-hybridized carbons (Fsp3) is 0.571. The summed E-state index contributed by atoms with van der Waals surface area (Å²) in [5.41, 5.74) is 5.91. The molecule has 0 bridgehead atoms. The highest BCUT2D eigenvalue weighted by molar-refractivity contribution is 9.10. The molecular formula is C14H21BrClFN2O. The molecule has 0 amide bonds. The zero-order valence-corrected chi connectivity index (χ0v) is 13.9. The van der Waals surface area contributed by atoms with Crippen LogP contribution in [0.3, 0.4) is 0 Å². The SMILES string of the molecule is CC(N)C1CCN(CCOc2cc(F)cc(Br)c2)C1.Cl. The van der Waals surface area contributed by atoms with E-state index < -0.39 is 0 Å². The lowest BCUT2D eigenvalue weighted by molar-refractivity contribution is 0.230. The summed E-state index contributed by atoms with van der Waals surface area (Å²) in [5, 5.41) is 0. The minimum Gasteiger partial charge on any atom is -0.492 e. The van der Waals surface area contributed by atoms with Gasteiger partial charge in [0.05, 0.1) is 0 Å². The lowest BCUT2D eigenvalue weighted by Crippen LogP contribution is -2.31. The zero-order valence-electron chi connectivity index (χ0n) is 11.5. The molecule has 0 radical (unpaired) electrons. The van der Waals surface area contributed by atoms with E-state index in [1.165, 1.54) is 12.1 Å². The predicted molar refractivity (Wildman–Crippen MR) is 85.0 cm³/mol. The van der Waals surface area contributed by atoms with Crippen molar-refractivity contribution in [2.24, 2.45) is 11.7 Å². The van der Waals surface area contributed by atoms with E-state index in [1.54, 1.807) is 6.07 Å². The van der Waals surface area contributed by atoms with Crippen LogP contribution in [0.25, 0.3) is 0 Å². The van der Waals surface area contributed by atoms with Gasteiger partial charge in [-0.1, -0.05) is 15.9 Å². The Labute approximate surface area is 134 Å². The highest BCUT2D eigenvalue weighted by atomic mass is 79.9. The molecule has 114 valence electrons. The normalized spacial score (nSPS) is 20.5. The Bertz CT molecular complexity index is 413. The summed E-state index contributed by atoms with van der Waals surface area (Å²) in [6.07, 6.45) is 1.16. The van der Waals surface area contributed by atoms with Crippen molar-refractivity contribution in [2.45, 2.75) is 19.4 Å². The molecule has 1 aliphatic rings. The Hall–Kier alpha value is -0.360. The smallest absolute Gasteiger partial charge is 0.128 e. The van der Waals surface area contributed by atoms with Crippen molar-refractivity contribution in [1.82, 2.24) is 4.90 Å². The van der Waals surface area contributed by atoms with Crippen molar-refractivity contribution in [3.05, 3.63) is 28.5 Å². The number of benzene rings is 1. The van der Waals surface area contributed by atoms with Gasteiger partial charge in [0.1, 0.15) is 18.2 Å². The molecule has 1 aliphatic heterocycles. The first-order valence-electron chi connectivity index (χ1n) is 6.61. The van der Waals surface area contributed by atoms with Crippen LogP contribution in [-0.2, 0) is 0 Å². The van der Waals surface area contributed by atoms with Crippen LogP contribution in [-0.4, -0.2) is 37.2 Å². The van der Waals surface area contributed by atoms with E-state index in [0.717, 1.165) is 26.1 Å². The van der Waals surface area contributed by atoms with Crippen LogP contribution in [0.1, 0.15) is 13.3 Å². The molecular weight excluding hydrogens is 347 g/mol. The first-order chi connectivity index (χ1) is 9.04. The summed E-state index contributed by atoms with van der Waals surface area (Å²) in [7, 11) is 0. The minimum absolute atomic E-state index is 0.